The van der Waals surface area contributed by atoms with E-state index in [0.29, 0.717) is 43.9 Å². The number of carbonyl (C=O) groups excluding carboxylic acids is 3. The zero-order valence-electron chi connectivity index (χ0n) is 18.8. The van der Waals surface area contributed by atoms with Crippen molar-refractivity contribution in [2.45, 2.75) is 31.7 Å². The van der Waals surface area contributed by atoms with Crippen LogP contribution in [0.15, 0.2) is 48.7 Å². The molecule has 2 aromatic rings. The Balaban J connectivity index is 0.00000385. The third-order valence-electron chi connectivity index (χ3n) is 5.45. The van der Waals surface area contributed by atoms with Crippen LogP contribution in [0.2, 0.25) is 0 Å². The highest BCUT2D eigenvalue weighted by Crippen LogP contribution is 2.17. The van der Waals surface area contributed by atoms with E-state index >= 15 is 0 Å². The van der Waals surface area contributed by atoms with Crippen LogP contribution in [0.3, 0.4) is 0 Å². The molecule has 9 heteroatoms. The van der Waals surface area contributed by atoms with Gasteiger partial charge in [-0.2, -0.15) is 0 Å². The number of aromatic nitrogens is 1. The Morgan fingerprint density at radius 1 is 1.03 bits per heavy atom. The quantitative estimate of drug-likeness (QED) is 0.663. The molecule has 0 bridgehead atoms. The zero-order chi connectivity index (χ0) is 22.8. The van der Waals surface area contributed by atoms with E-state index in [9.17, 15) is 14.4 Å². The number of halogens is 1. The van der Waals surface area contributed by atoms with Crippen molar-refractivity contribution in [2.24, 2.45) is 0 Å². The van der Waals surface area contributed by atoms with Gasteiger partial charge in [-0.25, -0.2) is 4.79 Å². The van der Waals surface area contributed by atoms with Gasteiger partial charge < -0.3 is 20.3 Å². The van der Waals surface area contributed by atoms with Gasteiger partial charge >= 0.3 is 5.97 Å². The fourth-order valence-electron chi connectivity index (χ4n) is 3.69. The number of amides is 2. The van der Waals surface area contributed by atoms with Crippen molar-refractivity contribution < 1.29 is 19.1 Å². The normalized spacial score (nSPS) is 17.9. The number of rotatable bonds is 3. The number of ether oxygens (including phenoxy) is 1. The molecule has 8 nitrogen and oxygen atoms in total. The molecule has 1 saturated heterocycles. The minimum absolute atomic E-state index is 0. The van der Waals surface area contributed by atoms with E-state index in [2.05, 4.69) is 20.4 Å². The minimum atomic E-state index is -0.486. The number of hydrogen-bond donors (Lipinski definition) is 2. The molecule has 0 radical (unpaired) electrons. The van der Waals surface area contributed by atoms with Gasteiger partial charge in [0.25, 0.3) is 5.91 Å². The lowest BCUT2D eigenvalue weighted by atomic mass is 10.0. The van der Waals surface area contributed by atoms with E-state index in [1.807, 2.05) is 30.3 Å². The molecule has 2 amide bonds. The predicted molar refractivity (Wildman–Crippen MR) is 127 cm³/mol. The summed E-state index contributed by atoms with van der Waals surface area (Å²) >= 11 is 0. The molecular formula is C24H31ClN4O4. The maximum Gasteiger partial charge on any atom is 0.339 e. The summed E-state index contributed by atoms with van der Waals surface area (Å²) in [5.41, 5.74) is 1.67. The third kappa shape index (κ3) is 7.83. The van der Waals surface area contributed by atoms with E-state index < -0.39 is 5.97 Å². The van der Waals surface area contributed by atoms with Crippen molar-refractivity contribution >= 4 is 30.2 Å². The Labute approximate surface area is 200 Å². The first-order valence-corrected chi connectivity index (χ1v) is 11.0. The second-order valence-electron chi connectivity index (χ2n) is 7.75. The Morgan fingerprint density at radius 2 is 1.79 bits per heavy atom. The van der Waals surface area contributed by atoms with Crippen LogP contribution in [-0.4, -0.2) is 61.0 Å². The molecule has 2 N–H and O–H groups in total. The first kappa shape index (κ1) is 26.3. The highest BCUT2D eigenvalue weighted by Gasteiger charge is 2.20. The van der Waals surface area contributed by atoms with Gasteiger partial charge in [-0.05, 0) is 43.5 Å². The molecule has 1 aliphatic rings. The van der Waals surface area contributed by atoms with E-state index in [1.165, 1.54) is 13.3 Å². The van der Waals surface area contributed by atoms with E-state index in [-0.39, 0.29) is 30.3 Å². The van der Waals surface area contributed by atoms with Gasteiger partial charge in [-0.3, -0.25) is 14.6 Å². The second kappa shape index (κ2) is 13.5. The molecule has 33 heavy (non-hydrogen) atoms. The molecule has 1 aromatic carbocycles. The molecular weight excluding hydrogens is 444 g/mol. The molecule has 3 rings (SSSR count). The summed E-state index contributed by atoms with van der Waals surface area (Å²) in [6.45, 7) is 2.41. The fraction of sp³-hybridized carbons (Fsp3) is 0.417. The maximum absolute atomic E-state index is 13.0. The number of benzene rings is 1. The molecule has 2 heterocycles. The number of hydrogen-bond acceptors (Lipinski definition) is 6. The number of esters is 1. The molecule has 0 spiro atoms. The van der Waals surface area contributed by atoms with Crippen LogP contribution in [-0.2, 0) is 9.53 Å². The standard InChI is InChI=1S/C24H30N4O4.ClH/c1-32-24(31)19-10-11-20(27-17-19)23(30)28-14-6-5-12-26-22(29)16-21(25-13-7-15-28)18-8-3-2-4-9-18;/h2-4,8-11,17,21,25H,5-7,12-16H2,1H3,(H,26,29);1H. The summed E-state index contributed by atoms with van der Waals surface area (Å²) in [6, 6.07) is 13.0. The summed E-state index contributed by atoms with van der Waals surface area (Å²) in [5.74, 6) is -0.631. The Morgan fingerprint density at radius 3 is 2.48 bits per heavy atom. The molecule has 178 valence electrons. The molecule has 0 saturated carbocycles. The number of methoxy groups -OCH3 is 1. The number of carbonyl (C=O) groups is 3. The van der Waals surface area contributed by atoms with Crippen LogP contribution in [0, 0.1) is 0 Å². The SMILES string of the molecule is COC(=O)c1ccc(C(=O)N2CCCCNC(=O)CC(c3ccccc3)NCCC2)nc1.Cl. The van der Waals surface area contributed by atoms with Crippen LogP contribution < -0.4 is 10.6 Å². The maximum atomic E-state index is 13.0. The van der Waals surface area contributed by atoms with Gasteiger partial charge in [0.05, 0.1) is 12.7 Å². The largest absolute Gasteiger partial charge is 0.465 e. The van der Waals surface area contributed by atoms with Crippen LogP contribution >= 0.6 is 12.4 Å². The van der Waals surface area contributed by atoms with Crippen molar-refractivity contribution in [3.8, 4) is 0 Å². The van der Waals surface area contributed by atoms with E-state index in [1.54, 1.807) is 17.0 Å². The molecule has 1 aromatic heterocycles. The highest BCUT2D eigenvalue weighted by molar-refractivity contribution is 5.94. The smallest absolute Gasteiger partial charge is 0.339 e. The van der Waals surface area contributed by atoms with E-state index in [4.69, 9.17) is 0 Å². The average molecular weight is 475 g/mol. The summed E-state index contributed by atoms with van der Waals surface area (Å²) in [5, 5.41) is 6.44. The minimum Gasteiger partial charge on any atom is -0.465 e. The van der Waals surface area contributed by atoms with E-state index in [0.717, 1.165) is 24.8 Å². The molecule has 1 unspecified atom stereocenters. The third-order valence-corrected chi connectivity index (χ3v) is 5.45. The van der Waals surface area contributed by atoms with Gasteiger partial charge in [-0.15, -0.1) is 12.4 Å². The summed E-state index contributed by atoms with van der Waals surface area (Å²) in [7, 11) is 1.30. The number of nitrogens with zero attached hydrogens (tertiary/aromatic N) is 2. The number of nitrogens with one attached hydrogen (secondary N) is 2. The predicted octanol–water partition coefficient (Wildman–Crippen LogP) is 2.75. The molecule has 0 aliphatic carbocycles. The van der Waals surface area contributed by atoms with Crippen LogP contribution in [0.4, 0.5) is 0 Å². The summed E-state index contributed by atoms with van der Waals surface area (Å²) in [4.78, 5) is 42.9. The van der Waals surface area contributed by atoms with Gasteiger partial charge in [0.1, 0.15) is 5.69 Å². The van der Waals surface area contributed by atoms with Crippen molar-refractivity contribution in [3.05, 3.63) is 65.5 Å². The van der Waals surface area contributed by atoms with Gasteiger partial charge in [-0.1, -0.05) is 30.3 Å². The van der Waals surface area contributed by atoms with Gasteiger partial charge in [0, 0.05) is 38.3 Å². The Kier molecular flexibility index (Phi) is 10.8. The zero-order valence-corrected chi connectivity index (χ0v) is 19.6. The van der Waals surface area contributed by atoms with Gasteiger partial charge in [0.15, 0.2) is 0 Å². The summed E-state index contributed by atoms with van der Waals surface area (Å²) in [6.07, 6.45) is 4.05. The van der Waals surface area contributed by atoms with Crippen molar-refractivity contribution in [1.82, 2.24) is 20.5 Å². The van der Waals surface area contributed by atoms with Gasteiger partial charge in [0.2, 0.25) is 5.91 Å². The molecule has 1 atom stereocenters. The monoisotopic (exact) mass is 474 g/mol. The van der Waals surface area contributed by atoms with Crippen LogP contribution in [0.5, 0.6) is 0 Å². The average Bonchev–Trinajstić information content (AvgIpc) is 2.85. The number of pyridine rings is 1. The highest BCUT2D eigenvalue weighted by atomic mass is 35.5. The lowest BCUT2D eigenvalue weighted by Gasteiger charge is -2.23. The first-order valence-electron chi connectivity index (χ1n) is 11.0. The molecule has 1 aliphatic heterocycles. The Bertz CT molecular complexity index is 908. The Hall–Kier alpha value is -2.97. The second-order valence-corrected chi connectivity index (χ2v) is 7.75. The first-order chi connectivity index (χ1) is 15.6. The fourth-order valence-corrected chi connectivity index (χ4v) is 3.69. The van der Waals surface area contributed by atoms with Crippen molar-refractivity contribution in [3.63, 3.8) is 0 Å². The van der Waals surface area contributed by atoms with Crippen molar-refractivity contribution in [2.75, 3.05) is 33.3 Å². The molecule has 1 fully saturated rings. The topological polar surface area (TPSA) is 101 Å². The lowest BCUT2D eigenvalue weighted by molar-refractivity contribution is -0.121. The van der Waals surface area contributed by atoms with Crippen LogP contribution in [0.25, 0.3) is 0 Å². The summed E-state index contributed by atoms with van der Waals surface area (Å²) < 4.78 is 4.68. The van der Waals surface area contributed by atoms with Crippen molar-refractivity contribution in [1.29, 1.82) is 0 Å². The lowest BCUT2D eigenvalue weighted by Crippen LogP contribution is -2.35. The van der Waals surface area contributed by atoms with Crippen LogP contribution in [0.1, 0.15) is 58.1 Å².